The lowest BCUT2D eigenvalue weighted by atomic mass is 9.78. The van der Waals surface area contributed by atoms with Crippen molar-refractivity contribution in [2.24, 2.45) is 0 Å². The van der Waals surface area contributed by atoms with Crippen molar-refractivity contribution in [2.75, 3.05) is 27.2 Å². The van der Waals surface area contributed by atoms with Crippen molar-refractivity contribution < 1.29 is 47.7 Å². The van der Waals surface area contributed by atoms with Gasteiger partial charge in [-0.25, -0.2) is 0 Å². The van der Waals surface area contributed by atoms with Gasteiger partial charge in [-0.15, -0.1) is 0 Å². The van der Waals surface area contributed by atoms with Crippen LogP contribution >= 0.6 is 0 Å². The minimum Gasteiger partial charge on any atom is -0.462 e. The molecular formula is C84H158N8O10. The van der Waals surface area contributed by atoms with Crippen LogP contribution in [-0.4, -0.2) is 186 Å². The molecule has 6 heterocycles. The van der Waals surface area contributed by atoms with Crippen molar-refractivity contribution in [2.45, 2.75) is 475 Å². The Morgan fingerprint density at radius 1 is 0.294 bits per heavy atom. The first-order valence-corrected chi connectivity index (χ1v) is 40.6. The fourth-order valence-electron chi connectivity index (χ4n) is 19.4. The van der Waals surface area contributed by atoms with Crippen LogP contribution in [0.2, 0.25) is 0 Å². The van der Waals surface area contributed by atoms with Crippen molar-refractivity contribution in [1.29, 1.82) is 0 Å². The van der Waals surface area contributed by atoms with Gasteiger partial charge >= 0.3 is 23.9 Å². The molecule has 6 fully saturated rings. The molecule has 0 atom stereocenters. The Morgan fingerprint density at radius 3 is 0.676 bits per heavy atom. The molecule has 0 aliphatic carbocycles. The summed E-state index contributed by atoms with van der Waals surface area (Å²) in [7, 11) is 4.33. The first-order chi connectivity index (χ1) is 46.7. The third-order valence-electron chi connectivity index (χ3n) is 23.2. The van der Waals surface area contributed by atoms with Gasteiger partial charge < -0.3 is 50.0 Å². The number of hydrogen-bond donors (Lipinski definition) is 4. The molecule has 0 aromatic heterocycles. The number of ether oxygens (including phenoxy) is 4. The number of nitrogens with one attached hydrogen (secondary N) is 4. The van der Waals surface area contributed by atoms with E-state index in [0.29, 0.717) is 37.8 Å². The smallest absolute Gasteiger partial charge is 0.306 e. The first-order valence-electron chi connectivity index (χ1n) is 40.6. The fraction of sp³-hybridized carbons (Fsp3) is 0.929. The van der Waals surface area contributed by atoms with E-state index in [1.807, 2.05) is 9.80 Å². The minimum atomic E-state index is -0.0643. The van der Waals surface area contributed by atoms with Gasteiger partial charge in [0, 0.05) is 169 Å². The van der Waals surface area contributed by atoms with Crippen molar-refractivity contribution in [1.82, 2.24) is 40.9 Å². The van der Waals surface area contributed by atoms with E-state index in [0.717, 1.165) is 206 Å². The Morgan fingerprint density at radius 2 is 0.471 bits per heavy atom. The van der Waals surface area contributed by atoms with E-state index in [4.69, 9.17) is 18.9 Å². The third-order valence-corrected chi connectivity index (χ3v) is 23.2. The van der Waals surface area contributed by atoms with Crippen molar-refractivity contribution in [3.63, 3.8) is 0 Å². The maximum Gasteiger partial charge on any atom is 0.306 e. The lowest BCUT2D eigenvalue weighted by molar-refractivity contribution is -0.160. The summed E-state index contributed by atoms with van der Waals surface area (Å²) in [5.41, 5.74) is 0.234. The first kappa shape index (κ1) is 91.0. The highest BCUT2D eigenvalue weighted by atomic mass is 16.6. The van der Waals surface area contributed by atoms with Crippen molar-refractivity contribution in [3.05, 3.63) is 0 Å². The number of unbranched alkanes of at least 4 members (excludes halogenated alkanes) is 13. The van der Waals surface area contributed by atoms with Crippen molar-refractivity contribution in [3.8, 4) is 0 Å². The number of hydrogen-bond acceptors (Lipinski definition) is 16. The third kappa shape index (κ3) is 33.0. The number of carbonyl (C=O) groups excluding carboxylic acids is 6. The number of nitrogens with zero attached hydrogens (tertiary/aromatic N) is 4. The molecule has 0 bridgehead atoms. The second-order valence-corrected chi connectivity index (χ2v) is 40.5. The number of carbonyl (C=O) groups is 6. The van der Waals surface area contributed by atoms with Gasteiger partial charge in [-0.3, -0.25) is 38.6 Å². The van der Waals surface area contributed by atoms with E-state index in [9.17, 15) is 28.8 Å². The largest absolute Gasteiger partial charge is 0.462 e. The zero-order valence-corrected chi connectivity index (χ0v) is 70.5. The minimum absolute atomic E-state index is 0.000484. The van der Waals surface area contributed by atoms with Crippen LogP contribution in [0.3, 0.4) is 0 Å². The molecule has 6 saturated heterocycles. The summed E-state index contributed by atoms with van der Waals surface area (Å²) in [5.74, 6) is -0.241. The van der Waals surface area contributed by atoms with Crippen LogP contribution in [0, 0.1) is 0 Å². The Labute approximate surface area is 624 Å². The Kier molecular flexibility index (Phi) is 34.0. The number of piperidine rings is 6. The Bertz CT molecular complexity index is 2330. The van der Waals surface area contributed by atoms with Crippen LogP contribution in [0.25, 0.3) is 0 Å². The SMILES string of the molecule is CC1(C)CC(N(C=O)CCCCCCN(C=O)C2CC(C)(C)NC(C)(C)C2)CC(C)(C)N1.CC1(C)CC(OC(=O)CCCCCCCCC(=O)OC2CC(C)(C)NC(C)(C)C2)CC(C)(C)N1.CN1C(C)(C)CC(OC(=O)CCCCCCCCC(=O)OC2CC(C)(C)N(C)C(C)(C)C2)CC1(C)C. The molecule has 18 heteroatoms. The maximum atomic E-state index is 12.4. The predicted molar refractivity (Wildman–Crippen MR) is 417 cm³/mol. The van der Waals surface area contributed by atoms with Gasteiger partial charge in [0.25, 0.3) is 0 Å². The summed E-state index contributed by atoms with van der Waals surface area (Å²) < 4.78 is 23.3. The lowest BCUT2D eigenvalue weighted by Crippen LogP contribution is -2.62. The summed E-state index contributed by atoms with van der Waals surface area (Å²) in [4.78, 5) is 81.9. The molecule has 6 rings (SSSR count). The zero-order chi connectivity index (χ0) is 77.2. The average molecular weight is 1440 g/mol. The summed E-state index contributed by atoms with van der Waals surface area (Å²) in [5, 5.41) is 14.6. The van der Waals surface area contributed by atoms with Crippen LogP contribution in [-0.2, 0) is 47.7 Å². The van der Waals surface area contributed by atoms with E-state index in [2.05, 4.69) is 211 Å². The van der Waals surface area contributed by atoms with Gasteiger partial charge in [0.15, 0.2) is 0 Å². The molecule has 594 valence electrons. The molecule has 0 radical (unpaired) electrons. The quantitative estimate of drug-likeness (QED) is 0.0209. The number of likely N-dealkylation sites (tertiary alicyclic amines) is 2. The van der Waals surface area contributed by atoms with E-state index in [-0.39, 0.29) is 115 Å². The highest BCUT2D eigenvalue weighted by Crippen LogP contribution is 2.41. The molecule has 0 aromatic rings. The van der Waals surface area contributed by atoms with Crippen LogP contribution in [0.5, 0.6) is 0 Å². The molecule has 102 heavy (non-hydrogen) atoms. The molecule has 6 aliphatic rings. The van der Waals surface area contributed by atoms with Crippen LogP contribution in [0.15, 0.2) is 0 Å². The molecule has 4 N–H and O–H groups in total. The van der Waals surface area contributed by atoms with Crippen LogP contribution < -0.4 is 21.3 Å². The predicted octanol–water partition coefficient (Wildman–Crippen LogP) is 16.4. The number of amides is 2. The van der Waals surface area contributed by atoms with Gasteiger partial charge in [-0.1, -0.05) is 64.2 Å². The average Bonchev–Trinajstić information content (AvgIpc) is 0.835. The fourth-order valence-corrected chi connectivity index (χ4v) is 19.4. The van der Waals surface area contributed by atoms with Gasteiger partial charge in [-0.05, 0) is 244 Å². The number of esters is 4. The summed E-state index contributed by atoms with van der Waals surface area (Å²) in [6.45, 7) is 54.7. The molecule has 0 unspecified atom stereocenters. The monoisotopic (exact) mass is 1440 g/mol. The van der Waals surface area contributed by atoms with Crippen molar-refractivity contribution >= 4 is 36.7 Å². The van der Waals surface area contributed by atoms with E-state index in [1.165, 1.54) is 0 Å². The molecule has 0 spiro atoms. The second-order valence-electron chi connectivity index (χ2n) is 40.5. The van der Waals surface area contributed by atoms with Gasteiger partial charge in [0.1, 0.15) is 24.4 Å². The molecule has 2 amide bonds. The van der Waals surface area contributed by atoms with Gasteiger partial charge in [0.05, 0.1) is 0 Å². The van der Waals surface area contributed by atoms with Gasteiger partial charge in [-0.2, -0.15) is 0 Å². The van der Waals surface area contributed by atoms with Gasteiger partial charge in [0.2, 0.25) is 12.8 Å². The molecule has 6 aliphatic heterocycles. The molecule has 0 aromatic carbocycles. The standard InChI is InChI=1S/C30H56N2O4.C28H52N2O4.C26H50N4O2/c1-27(2)19-23(20-28(3,4)31(27)9)35-25(33)17-15-13-11-12-14-16-18-26(34)36-24-21-29(5,6)32(10)30(7,8)22-24;1-25(2)17-21(18-26(3,4)29-25)33-23(31)15-13-11-9-10-12-14-16-24(32)34-22-19-27(5,6)30-28(7,8)20-22;1-23(2)15-21(16-24(3,4)27-23)29(19-31)13-11-9-10-12-14-30(20-32)22-17-25(5,6)28-26(7,8)18-22/h23-24H,11-22H2,1-10H3;21-22,29-30H,9-20H2,1-8H3;19-22,27-28H,9-18H2,1-8H3. The highest BCUT2D eigenvalue weighted by molar-refractivity contribution is 5.70. The summed E-state index contributed by atoms with van der Waals surface area (Å²) >= 11 is 0. The topological polar surface area (TPSA) is 200 Å². The molecular weight excluding hydrogens is 1280 g/mol. The highest BCUT2D eigenvalue weighted by Gasteiger charge is 2.48. The van der Waals surface area contributed by atoms with E-state index in [1.54, 1.807) is 0 Å². The van der Waals surface area contributed by atoms with E-state index < -0.39 is 0 Å². The maximum absolute atomic E-state index is 12.4. The Hall–Kier alpha value is -3.42. The second kappa shape index (κ2) is 38.1. The summed E-state index contributed by atoms with van der Waals surface area (Å²) in [6.07, 6.45) is 31.3. The van der Waals surface area contributed by atoms with Crippen LogP contribution in [0.1, 0.15) is 372 Å². The Balaban J connectivity index is 0.000000325. The zero-order valence-electron chi connectivity index (χ0n) is 70.5. The molecule has 18 nitrogen and oxygen atoms in total. The van der Waals surface area contributed by atoms with E-state index >= 15 is 0 Å². The van der Waals surface area contributed by atoms with Crippen LogP contribution in [0.4, 0.5) is 0 Å². The summed E-state index contributed by atoms with van der Waals surface area (Å²) in [6, 6.07) is 0.604. The lowest BCUT2D eigenvalue weighted by Gasteiger charge is -2.53. The normalized spacial score (nSPS) is 24.3. The number of rotatable bonds is 33. The molecule has 0 saturated carbocycles.